The minimum Gasteiger partial charge on any atom is -0.252 e. The van der Waals surface area contributed by atoms with Crippen LogP contribution in [0.5, 0.6) is 0 Å². The van der Waals surface area contributed by atoms with Crippen molar-refractivity contribution in [3.8, 4) is 0 Å². The van der Waals surface area contributed by atoms with Gasteiger partial charge in [0.2, 0.25) is 0 Å². The quantitative estimate of drug-likeness (QED) is 0.352. The molecule has 0 bridgehead atoms. The standard InChI is InChI=1S/C9H20O2/c1-3-4-5-6-7-8-9(2)11-10/h9-10H,3-8H2,1-2H3. The minimum absolute atomic E-state index is 0.0108. The Morgan fingerprint density at radius 3 is 2.36 bits per heavy atom. The van der Waals surface area contributed by atoms with Crippen LogP contribution in [0.15, 0.2) is 0 Å². The van der Waals surface area contributed by atoms with Crippen LogP contribution in [-0.4, -0.2) is 11.4 Å². The molecule has 0 aliphatic heterocycles. The van der Waals surface area contributed by atoms with E-state index in [-0.39, 0.29) is 6.10 Å². The lowest BCUT2D eigenvalue weighted by Gasteiger charge is -2.05. The predicted molar refractivity (Wildman–Crippen MR) is 46.6 cm³/mol. The van der Waals surface area contributed by atoms with E-state index in [2.05, 4.69) is 11.8 Å². The summed E-state index contributed by atoms with van der Waals surface area (Å²) in [5.74, 6) is 0. The van der Waals surface area contributed by atoms with Crippen molar-refractivity contribution in [2.24, 2.45) is 0 Å². The molecular formula is C9H20O2. The number of unbranched alkanes of at least 4 members (excludes halogenated alkanes) is 4. The highest BCUT2D eigenvalue weighted by atomic mass is 17.1. The molecule has 1 unspecified atom stereocenters. The zero-order valence-electron chi connectivity index (χ0n) is 7.68. The molecule has 1 N–H and O–H groups in total. The highest BCUT2D eigenvalue weighted by Crippen LogP contribution is 2.07. The maximum absolute atomic E-state index is 8.24. The summed E-state index contributed by atoms with van der Waals surface area (Å²) in [7, 11) is 0. The van der Waals surface area contributed by atoms with Crippen molar-refractivity contribution in [1.82, 2.24) is 0 Å². The molecule has 0 spiro atoms. The maximum atomic E-state index is 8.24. The molecule has 0 saturated carbocycles. The van der Waals surface area contributed by atoms with Gasteiger partial charge in [-0.25, -0.2) is 4.89 Å². The molecular weight excluding hydrogens is 140 g/mol. The topological polar surface area (TPSA) is 29.5 Å². The molecule has 2 nitrogen and oxygen atoms in total. The SMILES string of the molecule is CCCCCCCC(C)OO. The van der Waals surface area contributed by atoms with Crippen LogP contribution < -0.4 is 0 Å². The molecule has 0 amide bonds. The molecule has 0 aliphatic rings. The maximum Gasteiger partial charge on any atom is 0.0899 e. The first-order chi connectivity index (χ1) is 5.31. The molecule has 0 aromatic rings. The highest BCUT2D eigenvalue weighted by molar-refractivity contribution is 4.49. The number of hydrogen-bond acceptors (Lipinski definition) is 2. The van der Waals surface area contributed by atoms with E-state index < -0.39 is 0 Å². The number of rotatable bonds is 7. The van der Waals surface area contributed by atoms with Crippen LogP contribution >= 0.6 is 0 Å². The Morgan fingerprint density at radius 2 is 1.82 bits per heavy atom. The van der Waals surface area contributed by atoms with Crippen LogP contribution in [0.4, 0.5) is 0 Å². The third-order valence-corrected chi connectivity index (χ3v) is 1.89. The number of hydrogen-bond donors (Lipinski definition) is 1. The van der Waals surface area contributed by atoms with Crippen LogP contribution in [0.25, 0.3) is 0 Å². The monoisotopic (exact) mass is 160 g/mol. The summed E-state index contributed by atoms with van der Waals surface area (Å²) in [5, 5.41) is 8.24. The lowest BCUT2D eigenvalue weighted by atomic mass is 10.1. The van der Waals surface area contributed by atoms with Gasteiger partial charge in [0.1, 0.15) is 0 Å². The molecule has 0 saturated heterocycles. The summed E-state index contributed by atoms with van der Waals surface area (Å²) < 4.78 is 0. The van der Waals surface area contributed by atoms with Crippen LogP contribution in [0.1, 0.15) is 52.4 Å². The Labute approximate surface area is 69.5 Å². The first-order valence-electron chi connectivity index (χ1n) is 4.61. The average molecular weight is 160 g/mol. The molecule has 11 heavy (non-hydrogen) atoms. The molecule has 1 atom stereocenters. The first kappa shape index (κ1) is 10.9. The summed E-state index contributed by atoms with van der Waals surface area (Å²) in [6, 6.07) is 0. The van der Waals surface area contributed by atoms with E-state index in [4.69, 9.17) is 5.26 Å². The summed E-state index contributed by atoms with van der Waals surface area (Å²) in [5.41, 5.74) is 0. The van der Waals surface area contributed by atoms with Gasteiger partial charge in [0, 0.05) is 0 Å². The zero-order chi connectivity index (χ0) is 8.53. The van der Waals surface area contributed by atoms with Gasteiger partial charge in [0.15, 0.2) is 0 Å². The van der Waals surface area contributed by atoms with Crippen LogP contribution in [-0.2, 0) is 4.89 Å². The predicted octanol–water partition coefficient (Wildman–Crippen LogP) is 3.23. The largest absolute Gasteiger partial charge is 0.252 e. The van der Waals surface area contributed by atoms with E-state index in [0.29, 0.717) is 0 Å². The minimum atomic E-state index is 0.0108. The van der Waals surface area contributed by atoms with Crippen molar-refractivity contribution in [1.29, 1.82) is 0 Å². The molecule has 0 radical (unpaired) electrons. The van der Waals surface area contributed by atoms with E-state index in [1.165, 1.54) is 32.1 Å². The van der Waals surface area contributed by atoms with E-state index >= 15 is 0 Å². The fraction of sp³-hybridized carbons (Fsp3) is 1.00. The fourth-order valence-electron chi connectivity index (χ4n) is 1.09. The summed E-state index contributed by atoms with van der Waals surface area (Å²) >= 11 is 0. The third kappa shape index (κ3) is 7.82. The summed E-state index contributed by atoms with van der Waals surface area (Å²) in [6.45, 7) is 4.10. The van der Waals surface area contributed by atoms with Gasteiger partial charge in [-0.05, 0) is 13.3 Å². The second kappa shape index (κ2) is 8.02. The van der Waals surface area contributed by atoms with E-state index in [9.17, 15) is 0 Å². The lowest BCUT2D eigenvalue weighted by molar-refractivity contribution is -0.275. The van der Waals surface area contributed by atoms with E-state index in [1.54, 1.807) is 0 Å². The molecule has 2 heteroatoms. The molecule has 68 valence electrons. The van der Waals surface area contributed by atoms with Crippen LogP contribution in [0.3, 0.4) is 0 Å². The van der Waals surface area contributed by atoms with Gasteiger partial charge in [0.25, 0.3) is 0 Å². The van der Waals surface area contributed by atoms with Crippen LogP contribution in [0, 0.1) is 0 Å². The van der Waals surface area contributed by atoms with E-state index in [0.717, 1.165) is 6.42 Å². The second-order valence-electron chi connectivity index (χ2n) is 3.12. The van der Waals surface area contributed by atoms with Gasteiger partial charge in [-0.3, -0.25) is 5.26 Å². The Balaban J connectivity index is 2.89. The second-order valence-corrected chi connectivity index (χ2v) is 3.12. The average Bonchev–Trinajstić information content (AvgIpc) is 2.04. The van der Waals surface area contributed by atoms with Gasteiger partial charge in [0.05, 0.1) is 6.10 Å². The Morgan fingerprint density at radius 1 is 1.18 bits per heavy atom. The van der Waals surface area contributed by atoms with Crippen molar-refractivity contribution in [3.63, 3.8) is 0 Å². The lowest BCUT2D eigenvalue weighted by Crippen LogP contribution is -2.03. The first-order valence-corrected chi connectivity index (χ1v) is 4.61. The fourth-order valence-corrected chi connectivity index (χ4v) is 1.09. The van der Waals surface area contributed by atoms with Gasteiger partial charge in [-0.2, -0.15) is 0 Å². The van der Waals surface area contributed by atoms with Crippen molar-refractivity contribution in [2.75, 3.05) is 0 Å². The molecule has 0 aliphatic carbocycles. The van der Waals surface area contributed by atoms with Gasteiger partial charge >= 0.3 is 0 Å². The molecule has 0 rings (SSSR count). The Hall–Kier alpha value is -0.0800. The van der Waals surface area contributed by atoms with Crippen LogP contribution in [0.2, 0.25) is 0 Å². The Bertz CT molecular complexity index is 74.0. The van der Waals surface area contributed by atoms with Gasteiger partial charge in [-0.15, -0.1) is 0 Å². The smallest absolute Gasteiger partial charge is 0.0899 e. The third-order valence-electron chi connectivity index (χ3n) is 1.89. The van der Waals surface area contributed by atoms with Crippen molar-refractivity contribution in [2.45, 2.75) is 58.5 Å². The normalized spacial score (nSPS) is 13.4. The molecule has 0 aromatic carbocycles. The van der Waals surface area contributed by atoms with Crippen molar-refractivity contribution in [3.05, 3.63) is 0 Å². The van der Waals surface area contributed by atoms with Crippen molar-refractivity contribution >= 4 is 0 Å². The van der Waals surface area contributed by atoms with Crippen molar-refractivity contribution < 1.29 is 10.1 Å². The van der Waals surface area contributed by atoms with Gasteiger partial charge in [-0.1, -0.05) is 39.0 Å². The zero-order valence-corrected chi connectivity index (χ0v) is 7.68. The van der Waals surface area contributed by atoms with E-state index in [1.807, 2.05) is 6.92 Å². The Kier molecular flexibility index (Phi) is 7.96. The summed E-state index contributed by atoms with van der Waals surface area (Å²) in [6.07, 6.45) is 7.34. The molecule has 0 aromatic heterocycles. The molecule has 0 fully saturated rings. The molecule has 0 heterocycles. The van der Waals surface area contributed by atoms with Gasteiger partial charge < -0.3 is 0 Å². The summed E-state index contributed by atoms with van der Waals surface area (Å²) in [4.78, 5) is 4.16. The highest BCUT2D eigenvalue weighted by Gasteiger charge is 1.99.